The van der Waals surface area contributed by atoms with Crippen molar-refractivity contribution in [1.82, 2.24) is 19.8 Å². The molecule has 0 aromatic carbocycles. The van der Waals surface area contributed by atoms with Gasteiger partial charge in [0.2, 0.25) is 0 Å². The fourth-order valence-corrected chi connectivity index (χ4v) is 3.69. The first kappa shape index (κ1) is 13.1. The van der Waals surface area contributed by atoms with Gasteiger partial charge in [0.05, 0.1) is 6.33 Å². The molecule has 1 saturated carbocycles. The summed E-state index contributed by atoms with van der Waals surface area (Å²) in [5, 5.41) is 3.81. The van der Waals surface area contributed by atoms with Crippen molar-refractivity contribution in [2.75, 3.05) is 26.2 Å². The molecule has 4 nitrogen and oxygen atoms in total. The highest BCUT2D eigenvalue weighted by Gasteiger charge is 2.35. The van der Waals surface area contributed by atoms with Crippen LogP contribution in [-0.4, -0.2) is 46.2 Å². The normalized spacial score (nSPS) is 23.8. The number of nitrogens with one attached hydrogen (secondary N) is 1. The lowest BCUT2D eigenvalue weighted by Crippen LogP contribution is -2.61. The molecular formula is C15H26N4. The minimum absolute atomic E-state index is 0.450. The summed E-state index contributed by atoms with van der Waals surface area (Å²) >= 11 is 0. The molecule has 1 saturated heterocycles. The number of aryl methyl sites for hydroxylation is 1. The van der Waals surface area contributed by atoms with Gasteiger partial charge in [-0.25, -0.2) is 4.98 Å². The van der Waals surface area contributed by atoms with Crippen LogP contribution in [0.25, 0.3) is 0 Å². The topological polar surface area (TPSA) is 33.1 Å². The summed E-state index contributed by atoms with van der Waals surface area (Å²) in [6, 6.07) is 0. The van der Waals surface area contributed by atoms with Crippen molar-refractivity contribution in [2.24, 2.45) is 0 Å². The summed E-state index contributed by atoms with van der Waals surface area (Å²) in [4.78, 5) is 6.76. The van der Waals surface area contributed by atoms with Crippen molar-refractivity contribution in [3.8, 4) is 0 Å². The fraction of sp³-hybridized carbons (Fsp3) is 0.800. The SMILES string of the molecule is c1cn(CCCN2CCNC3(CCCCC3)C2)cn1. The Kier molecular flexibility index (Phi) is 4.18. The van der Waals surface area contributed by atoms with Gasteiger partial charge in [-0.15, -0.1) is 0 Å². The van der Waals surface area contributed by atoms with Crippen LogP contribution in [0.3, 0.4) is 0 Å². The molecule has 2 aliphatic rings. The van der Waals surface area contributed by atoms with E-state index in [2.05, 4.69) is 26.0 Å². The van der Waals surface area contributed by atoms with E-state index in [1.54, 1.807) is 0 Å². The van der Waals surface area contributed by atoms with Gasteiger partial charge in [-0.1, -0.05) is 19.3 Å². The molecule has 1 aromatic heterocycles. The predicted molar refractivity (Wildman–Crippen MR) is 77.1 cm³/mol. The third kappa shape index (κ3) is 3.37. The lowest BCUT2D eigenvalue weighted by atomic mass is 9.80. The number of rotatable bonds is 4. The maximum atomic E-state index is 4.10. The second-order valence-corrected chi connectivity index (χ2v) is 6.20. The molecule has 1 spiro atoms. The van der Waals surface area contributed by atoms with E-state index in [1.807, 2.05) is 12.5 Å². The average Bonchev–Trinajstić information content (AvgIpc) is 2.93. The van der Waals surface area contributed by atoms with Crippen LogP contribution < -0.4 is 5.32 Å². The van der Waals surface area contributed by atoms with Crippen LogP contribution in [0, 0.1) is 0 Å². The number of piperazine rings is 1. The van der Waals surface area contributed by atoms with Crippen molar-refractivity contribution in [1.29, 1.82) is 0 Å². The Hall–Kier alpha value is -0.870. The summed E-state index contributed by atoms with van der Waals surface area (Å²) in [5.74, 6) is 0. The molecule has 4 heteroatoms. The van der Waals surface area contributed by atoms with Crippen LogP contribution in [-0.2, 0) is 6.54 Å². The Morgan fingerprint density at radius 3 is 2.84 bits per heavy atom. The van der Waals surface area contributed by atoms with Gasteiger partial charge in [-0.2, -0.15) is 0 Å². The molecule has 3 rings (SSSR count). The van der Waals surface area contributed by atoms with Gasteiger partial charge in [0.25, 0.3) is 0 Å². The second-order valence-electron chi connectivity index (χ2n) is 6.20. The monoisotopic (exact) mass is 262 g/mol. The van der Waals surface area contributed by atoms with Gasteiger partial charge in [0, 0.05) is 44.1 Å². The number of imidazole rings is 1. The van der Waals surface area contributed by atoms with Gasteiger partial charge in [0.1, 0.15) is 0 Å². The molecule has 1 aromatic rings. The van der Waals surface area contributed by atoms with E-state index in [-0.39, 0.29) is 0 Å². The quantitative estimate of drug-likeness (QED) is 0.899. The molecular weight excluding hydrogens is 236 g/mol. The minimum atomic E-state index is 0.450. The molecule has 0 atom stereocenters. The lowest BCUT2D eigenvalue weighted by Gasteiger charge is -2.46. The summed E-state index contributed by atoms with van der Waals surface area (Å²) < 4.78 is 2.18. The third-order valence-corrected chi connectivity index (χ3v) is 4.71. The highest BCUT2D eigenvalue weighted by atomic mass is 15.2. The molecule has 1 aliphatic carbocycles. The van der Waals surface area contributed by atoms with Crippen LogP contribution in [0.1, 0.15) is 38.5 Å². The molecule has 0 unspecified atom stereocenters. The van der Waals surface area contributed by atoms with E-state index < -0.39 is 0 Å². The Morgan fingerprint density at radius 2 is 2.05 bits per heavy atom. The van der Waals surface area contributed by atoms with Gasteiger partial charge < -0.3 is 14.8 Å². The average molecular weight is 262 g/mol. The Labute approximate surface area is 116 Å². The van der Waals surface area contributed by atoms with Gasteiger partial charge in [-0.05, 0) is 25.8 Å². The van der Waals surface area contributed by atoms with E-state index in [0.29, 0.717) is 5.54 Å². The number of nitrogens with zero attached hydrogens (tertiary/aromatic N) is 3. The molecule has 0 amide bonds. The molecule has 0 radical (unpaired) electrons. The lowest BCUT2D eigenvalue weighted by molar-refractivity contribution is 0.0977. The van der Waals surface area contributed by atoms with Crippen molar-refractivity contribution >= 4 is 0 Å². The third-order valence-electron chi connectivity index (χ3n) is 4.71. The van der Waals surface area contributed by atoms with Crippen LogP contribution >= 0.6 is 0 Å². The second kappa shape index (κ2) is 6.06. The van der Waals surface area contributed by atoms with Crippen molar-refractivity contribution in [3.05, 3.63) is 18.7 Å². The Balaban J connectivity index is 1.45. The van der Waals surface area contributed by atoms with E-state index in [4.69, 9.17) is 0 Å². The van der Waals surface area contributed by atoms with Crippen LogP contribution in [0.15, 0.2) is 18.7 Å². The smallest absolute Gasteiger partial charge is 0.0945 e. The number of aromatic nitrogens is 2. The zero-order valence-electron chi connectivity index (χ0n) is 11.9. The first-order valence-electron chi connectivity index (χ1n) is 7.80. The molecule has 19 heavy (non-hydrogen) atoms. The summed E-state index contributed by atoms with van der Waals surface area (Å²) in [7, 11) is 0. The van der Waals surface area contributed by atoms with Crippen molar-refractivity contribution in [3.63, 3.8) is 0 Å². The zero-order chi connectivity index (χ0) is 13.0. The number of hydrogen-bond acceptors (Lipinski definition) is 3. The summed E-state index contributed by atoms with van der Waals surface area (Å²) in [5.41, 5.74) is 0.450. The standard InChI is InChI=1S/C15H26N4/c1-2-5-15(6-3-1)13-18(12-8-17-15)9-4-10-19-11-7-16-14-19/h7,11,14,17H,1-6,8-10,12-13H2. The largest absolute Gasteiger partial charge is 0.337 e. The molecule has 1 N–H and O–H groups in total. The van der Waals surface area contributed by atoms with Crippen LogP contribution in [0.5, 0.6) is 0 Å². The molecule has 0 bridgehead atoms. The first-order chi connectivity index (χ1) is 9.36. The van der Waals surface area contributed by atoms with E-state index in [9.17, 15) is 0 Å². The first-order valence-corrected chi connectivity index (χ1v) is 7.80. The van der Waals surface area contributed by atoms with Gasteiger partial charge >= 0.3 is 0 Å². The molecule has 1 aliphatic heterocycles. The maximum Gasteiger partial charge on any atom is 0.0945 e. The number of hydrogen-bond donors (Lipinski definition) is 1. The Bertz CT molecular complexity index is 362. The zero-order valence-corrected chi connectivity index (χ0v) is 11.9. The van der Waals surface area contributed by atoms with E-state index >= 15 is 0 Å². The van der Waals surface area contributed by atoms with Crippen LogP contribution in [0.2, 0.25) is 0 Å². The van der Waals surface area contributed by atoms with Crippen molar-refractivity contribution < 1.29 is 0 Å². The minimum Gasteiger partial charge on any atom is -0.337 e. The maximum absolute atomic E-state index is 4.10. The molecule has 2 fully saturated rings. The summed E-state index contributed by atoms with van der Waals surface area (Å²) in [6.07, 6.45) is 14.1. The predicted octanol–water partition coefficient (Wildman–Crippen LogP) is 1.88. The van der Waals surface area contributed by atoms with E-state index in [1.165, 1.54) is 64.7 Å². The van der Waals surface area contributed by atoms with Crippen LogP contribution in [0.4, 0.5) is 0 Å². The van der Waals surface area contributed by atoms with Gasteiger partial charge in [-0.3, -0.25) is 0 Å². The highest BCUT2D eigenvalue weighted by molar-refractivity contribution is 4.96. The summed E-state index contributed by atoms with van der Waals surface area (Å²) in [6.45, 7) is 5.96. The fourth-order valence-electron chi connectivity index (χ4n) is 3.69. The molecule has 106 valence electrons. The highest BCUT2D eigenvalue weighted by Crippen LogP contribution is 2.30. The molecule has 2 heterocycles. The van der Waals surface area contributed by atoms with Crippen molar-refractivity contribution in [2.45, 2.75) is 50.6 Å². The Morgan fingerprint density at radius 1 is 1.16 bits per heavy atom. The van der Waals surface area contributed by atoms with Gasteiger partial charge in [0.15, 0.2) is 0 Å². The van der Waals surface area contributed by atoms with E-state index in [0.717, 1.165) is 6.54 Å².